The highest BCUT2D eigenvalue weighted by Crippen LogP contribution is 2.53. The Kier molecular flexibility index (Phi) is 2.43. The lowest BCUT2D eigenvalue weighted by atomic mass is 10.1. The molecule has 0 aliphatic carbocycles. The average Bonchev–Trinajstić information content (AvgIpc) is 3.23. The maximum atomic E-state index is 5.80. The first-order valence-electron chi connectivity index (χ1n) is 6.17. The second kappa shape index (κ2) is 4.33. The molecule has 6 nitrogen and oxygen atoms in total. The molecule has 0 unspecified atom stereocenters. The van der Waals surface area contributed by atoms with Gasteiger partial charge in [0.2, 0.25) is 0 Å². The minimum absolute atomic E-state index is 0.556. The quantitative estimate of drug-likeness (QED) is 0.529. The molecule has 0 fully saturated rings. The smallest absolute Gasteiger partial charge is 0.180 e. The predicted molar refractivity (Wildman–Crippen MR) is 83.3 cm³/mol. The normalized spacial score (nSPS) is 15.2. The molecule has 0 radical (unpaired) electrons. The van der Waals surface area contributed by atoms with Crippen LogP contribution in [-0.2, 0) is 11.4 Å². The van der Waals surface area contributed by atoms with Crippen LogP contribution in [0, 0.1) is 0 Å². The second-order valence-electron chi connectivity index (χ2n) is 4.47. The molecule has 1 aromatic carbocycles. The number of aromatic nitrogens is 2. The number of fused-ring (bicyclic) bond motifs is 3. The van der Waals surface area contributed by atoms with Crippen LogP contribution in [-0.4, -0.2) is 22.0 Å². The SMILES string of the molecule is c1sc(-c2c3c(cc4nsnc24)N=S=N3)c2c1OCCO2. The summed E-state index contributed by atoms with van der Waals surface area (Å²) in [6.45, 7) is 1.14. The molecular weight excluding hydrogens is 328 g/mol. The zero-order chi connectivity index (χ0) is 13.8. The Labute approximate surface area is 130 Å². The highest BCUT2D eigenvalue weighted by molar-refractivity contribution is 7.58. The second-order valence-corrected chi connectivity index (χ2v) is 6.41. The molecule has 4 heterocycles. The van der Waals surface area contributed by atoms with Crippen LogP contribution in [0.4, 0.5) is 11.4 Å². The van der Waals surface area contributed by atoms with E-state index in [0.29, 0.717) is 13.2 Å². The molecule has 0 atom stereocenters. The Morgan fingerprint density at radius 2 is 2.05 bits per heavy atom. The lowest BCUT2D eigenvalue weighted by molar-refractivity contribution is 0.174. The van der Waals surface area contributed by atoms with Crippen molar-refractivity contribution in [1.82, 2.24) is 8.75 Å². The van der Waals surface area contributed by atoms with E-state index in [1.165, 1.54) is 23.1 Å². The Bertz CT molecular complexity index is 955. The molecule has 0 saturated carbocycles. The Morgan fingerprint density at radius 3 is 3.05 bits per heavy atom. The molecule has 0 saturated heterocycles. The fourth-order valence-corrected chi connectivity index (χ4v) is 4.47. The number of hydrogen-bond acceptors (Lipinski definition) is 8. The summed E-state index contributed by atoms with van der Waals surface area (Å²) in [5.74, 6) is 1.57. The minimum Gasteiger partial charge on any atom is -0.485 e. The third-order valence-electron chi connectivity index (χ3n) is 3.30. The molecule has 104 valence electrons. The fraction of sp³-hybridized carbons (Fsp3) is 0.167. The Hall–Kier alpha value is -1.84. The maximum absolute atomic E-state index is 5.80. The molecule has 2 aliphatic heterocycles. The lowest BCUT2D eigenvalue weighted by Gasteiger charge is -2.16. The summed E-state index contributed by atoms with van der Waals surface area (Å²) >= 11 is 3.97. The number of ether oxygens (including phenoxy) is 2. The van der Waals surface area contributed by atoms with Crippen LogP contribution in [0.25, 0.3) is 21.5 Å². The molecule has 0 bridgehead atoms. The molecule has 5 rings (SSSR count). The van der Waals surface area contributed by atoms with Gasteiger partial charge in [-0.05, 0) is 6.07 Å². The molecule has 0 amide bonds. The van der Waals surface area contributed by atoms with Gasteiger partial charge in [-0.15, -0.1) is 11.3 Å². The summed E-state index contributed by atoms with van der Waals surface area (Å²) in [4.78, 5) is 0.987. The zero-order valence-corrected chi connectivity index (χ0v) is 12.8. The van der Waals surface area contributed by atoms with Gasteiger partial charge in [-0.1, -0.05) is 0 Å². The summed E-state index contributed by atoms with van der Waals surface area (Å²) in [5.41, 5.74) is 4.32. The van der Waals surface area contributed by atoms with Gasteiger partial charge >= 0.3 is 0 Å². The molecular formula is C12H6N4O2S3. The van der Waals surface area contributed by atoms with Crippen LogP contribution < -0.4 is 9.47 Å². The third kappa shape index (κ3) is 1.62. The Balaban J connectivity index is 1.87. The monoisotopic (exact) mass is 334 g/mol. The summed E-state index contributed by atoms with van der Waals surface area (Å²) in [7, 11) is 0. The van der Waals surface area contributed by atoms with Crippen molar-refractivity contribution in [3.63, 3.8) is 0 Å². The van der Waals surface area contributed by atoms with Gasteiger partial charge in [0.15, 0.2) is 11.5 Å². The Morgan fingerprint density at radius 1 is 1.10 bits per heavy atom. The van der Waals surface area contributed by atoms with E-state index in [1.54, 1.807) is 11.3 Å². The van der Waals surface area contributed by atoms with Gasteiger partial charge < -0.3 is 9.47 Å². The number of benzene rings is 1. The predicted octanol–water partition coefficient (Wildman–Crippen LogP) is 3.92. The maximum Gasteiger partial charge on any atom is 0.180 e. The van der Waals surface area contributed by atoms with Crippen molar-refractivity contribution < 1.29 is 9.47 Å². The van der Waals surface area contributed by atoms with Crippen molar-refractivity contribution in [2.45, 2.75) is 0 Å². The zero-order valence-electron chi connectivity index (χ0n) is 10.4. The summed E-state index contributed by atoms with van der Waals surface area (Å²) in [5, 5.41) is 1.97. The van der Waals surface area contributed by atoms with Crippen molar-refractivity contribution in [3.05, 3.63) is 11.4 Å². The van der Waals surface area contributed by atoms with E-state index in [9.17, 15) is 0 Å². The van der Waals surface area contributed by atoms with Gasteiger partial charge in [0.1, 0.15) is 35.6 Å². The van der Waals surface area contributed by atoms with E-state index < -0.39 is 0 Å². The van der Waals surface area contributed by atoms with Crippen LogP contribution in [0.5, 0.6) is 11.5 Å². The van der Waals surface area contributed by atoms with Crippen LogP contribution in [0.2, 0.25) is 0 Å². The van der Waals surface area contributed by atoms with Crippen LogP contribution >= 0.6 is 23.1 Å². The number of nitrogens with zero attached hydrogens (tertiary/aromatic N) is 4. The van der Waals surface area contributed by atoms with Crippen molar-refractivity contribution in [3.8, 4) is 21.9 Å². The van der Waals surface area contributed by atoms with E-state index in [-0.39, 0.29) is 0 Å². The summed E-state index contributed by atoms with van der Waals surface area (Å²) < 4.78 is 29.0. The van der Waals surface area contributed by atoms with E-state index in [2.05, 4.69) is 17.5 Å². The summed E-state index contributed by atoms with van der Waals surface area (Å²) in [6, 6.07) is 1.93. The van der Waals surface area contributed by atoms with Gasteiger partial charge in [0.05, 0.1) is 33.5 Å². The largest absolute Gasteiger partial charge is 0.485 e. The van der Waals surface area contributed by atoms with Crippen LogP contribution in [0.15, 0.2) is 20.2 Å². The van der Waals surface area contributed by atoms with Gasteiger partial charge in [-0.2, -0.15) is 17.5 Å². The number of rotatable bonds is 1. The minimum atomic E-state index is 0.556. The standard InChI is InChI=1S/C12H6N4O2S3/c1-2-18-11-7(17-1)4-19-12(11)8-9-5(13-20-15-9)3-6-10(8)16-21-14-6/h3-4H,1-2H2. The highest BCUT2D eigenvalue weighted by Gasteiger charge is 2.27. The van der Waals surface area contributed by atoms with Crippen molar-refractivity contribution in [2.75, 3.05) is 13.2 Å². The van der Waals surface area contributed by atoms with Crippen molar-refractivity contribution in [2.24, 2.45) is 8.73 Å². The van der Waals surface area contributed by atoms with Gasteiger partial charge in [-0.3, -0.25) is 0 Å². The van der Waals surface area contributed by atoms with Gasteiger partial charge in [0.25, 0.3) is 0 Å². The molecule has 9 heteroatoms. The topological polar surface area (TPSA) is 69.0 Å². The van der Waals surface area contributed by atoms with Crippen LogP contribution in [0.3, 0.4) is 0 Å². The lowest BCUT2D eigenvalue weighted by Crippen LogP contribution is -2.14. The third-order valence-corrected chi connectivity index (χ3v) is 5.35. The molecule has 0 spiro atoms. The molecule has 2 aromatic heterocycles. The van der Waals surface area contributed by atoms with Crippen molar-refractivity contribution >= 4 is 56.8 Å². The number of hydrogen-bond donors (Lipinski definition) is 0. The van der Waals surface area contributed by atoms with Crippen LogP contribution in [0.1, 0.15) is 0 Å². The number of thiophene rings is 1. The first-order valence-corrected chi connectivity index (χ1v) is 8.51. The molecule has 3 aromatic rings. The highest BCUT2D eigenvalue weighted by atomic mass is 32.1. The van der Waals surface area contributed by atoms with E-state index in [1.807, 2.05) is 11.4 Å². The van der Waals surface area contributed by atoms with E-state index in [0.717, 1.165) is 44.3 Å². The van der Waals surface area contributed by atoms with E-state index >= 15 is 0 Å². The van der Waals surface area contributed by atoms with E-state index in [4.69, 9.17) is 9.47 Å². The first-order chi connectivity index (χ1) is 10.4. The summed E-state index contributed by atoms with van der Waals surface area (Å²) in [6.07, 6.45) is 0. The van der Waals surface area contributed by atoms with Gasteiger partial charge in [0, 0.05) is 5.38 Å². The fourth-order valence-electron chi connectivity index (χ4n) is 2.42. The first kappa shape index (κ1) is 11.8. The molecule has 0 N–H and O–H groups in total. The molecule has 21 heavy (non-hydrogen) atoms. The average molecular weight is 334 g/mol. The van der Waals surface area contributed by atoms with Gasteiger partial charge in [-0.25, -0.2) is 0 Å². The molecule has 2 aliphatic rings. The van der Waals surface area contributed by atoms with Crippen molar-refractivity contribution in [1.29, 1.82) is 0 Å².